The number of rotatable bonds is 8. The van der Waals surface area contributed by atoms with Crippen molar-refractivity contribution in [2.24, 2.45) is 10.9 Å². The van der Waals surface area contributed by atoms with E-state index in [0.717, 1.165) is 23.6 Å². The summed E-state index contributed by atoms with van der Waals surface area (Å²) < 4.78 is 0. The highest BCUT2D eigenvalue weighted by atomic mass is 15.1. The van der Waals surface area contributed by atoms with Gasteiger partial charge in [0.2, 0.25) is 0 Å². The zero-order valence-electron chi connectivity index (χ0n) is 23.3. The number of aliphatic imine (C=N–C) groups is 1. The van der Waals surface area contributed by atoms with Crippen LogP contribution in [0.15, 0.2) is 40.9 Å². The fourth-order valence-corrected chi connectivity index (χ4v) is 5.54. The van der Waals surface area contributed by atoms with Gasteiger partial charge in [0.25, 0.3) is 0 Å². The van der Waals surface area contributed by atoms with Crippen LogP contribution in [0, 0.1) is 11.3 Å². The van der Waals surface area contributed by atoms with Crippen molar-refractivity contribution in [2.75, 3.05) is 19.6 Å². The molecular weight excluding hydrogens is 428 g/mol. The lowest BCUT2D eigenvalue weighted by molar-refractivity contribution is 0.192. The van der Waals surface area contributed by atoms with Crippen molar-refractivity contribution in [1.82, 2.24) is 9.88 Å². The first-order chi connectivity index (χ1) is 16.6. The summed E-state index contributed by atoms with van der Waals surface area (Å²) in [6, 6.07) is 7.11. The Hall–Kier alpha value is -2.46. The summed E-state index contributed by atoms with van der Waals surface area (Å²) in [5.74, 6) is 2.15. The monoisotopic (exact) mass is 474 g/mol. The molecule has 0 atom stereocenters. The van der Waals surface area contributed by atoms with Gasteiger partial charge in [-0.3, -0.25) is 5.41 Å². The molecule has 4 heteroatoms. The summed E-state index contributed by atoms with van der Waals surface area (Å²) in [4.78, 5) is 10.8. The van der Waals surface area contributed by atoms with E-state index in [0.29, 0.717) is 17.7 Å². The second kappa shape index (κ2) is 12.0. The molecule has 4 nitrogen and oxygen atoms in total. The largest absolute Gasteiger partial charge is 0.354 e. The molecule has 0 aliphatic carbocycles. The summed E-state index contributed by atoms with van der Waals surface area (Å²) in [6.45, 7) is 20.9. The number of benzene rings is 1. The van der Waals surface area contributed by atoms with Gasteiger partial charge in [-0.2, -0.15) is 0 Å². The molecule has 190 valence electrons. The maximum Gasteiger partial charge on any atom is 0.117 e. The van der Waals surface area contributed by atoms with E-state index < -0.39 is 0 Å². The summed E-state index contributed by atoms with van der Waals surface area (Å²) in [6.07, 6.45) is 7.74. The highest BCUT2D eigenvalue weighted by Crippen LogP contribution is 2.37. The van der Waals surface area contributed by atoms with Crippen LogP contribution in [0.4, 0.5) is 0 Å². The number of amidine groups is 1. The predicted molar refractivity (Wildman–Crippen MR) is 154 cm³/mol. The fraction of sp³-hybridized carbons (Fsp3) is 0.548. The average molecular weight is 475 g/mol. The van der Waals surface area contributed by atoms with Crippen LogP contribution >= 0.6 is 0 Å². The van der Waals surface area contributed by atoms with E-state index in [-0.39, 0.29) is 0 Å². The first-order valence-corrected chi connectivity index (χ1v) is 13.5. The number of nitrogens with one attached hydrogen (secondary N) is 2. The van der Waals surface area contributed by atoms with Gasteiger partial charge >= 0.3 is 0 Å². The minimum Gasteiger partial charge on any atom is -0.354 e. The van der Waals surface area contributed by atoms with Crippen molar-refractivity contribution < 1.29 is 0 Å². The number of piperidine rings is 1. The Labute approximate surface area is 213 Å². The highest BCUT2D eigenvalue weighted by molar-refractivity contribution is 6.07. The third-order valence-electron chi connectivity index (χ3n) is 7.19. The molecule has 1 fully saturated rings. The molecule has 1 aromatic heterocycles. The van der Waals surface area contributed by atoms with Crippen molar-refractivity contribution in [3.63, 3.8) is 0 Å². The topological polar surface area (TPSA) is 55.2 Å². The molecule has 0 saturated carbocycles. The molecule has 0 radical (unpaired) electrons. The van der Waals surface area contributed by atoms with E-state index in [1.165, 1.54) is 65.8 Å². The van der Waals surface area contributed by atoms with E-state index >= 15 is 0 Å². The third kappa shape index (κ3) is 6.61. The molecule has 2 aromatic rings. The van der Waals surface area contributed by atoms with Gasteiger partial charge < -0.3 is 9.88 Å². The van der Waals surface area contributed by atoms with Crippen LogP contribution in [0.3, 0.4) is 0 Å². The van der Waals surface area contributed by atoms with Gasteiger partial charge in [-0.1, -0.05) is 46.8 Å². The third-order valence-corrected chi connectivity index (χ3v) is 7.19. The van der Waals surface area contributed by atoms with Crippen molar-refractivity contribution in [3.05, 3.63) is 52.7 Å². The minimum atomic E-state index is 0.354. The lowest BCUT2D eigenvalue weighted by atomic mass is 9.87. The van der Waals surface area contributed by atoms with Crippen molar-refractivity contribution in [2.45, 2.75) is 86.5 Å². The summed E-state index contributed by atoms with van der Waals surface area (Å²) in [5.41, 5.74) is 8.60. The number of likely N-dealkylation sites (tertiary alicyclic amines) is 1. The molecule has 1 saturated heterocycles. The Bertz CT molecular complexity index is 1120. The van der Waals surface area contributed by atoms with Gasteiger partial charge in [0.15, 0.2) is 0 Å². The molecule has 2 heterocycles. The number of H-pyrrole nitrogens is 1. The van der Waals surface area contributed by atoms with E-state index in [1.807, 2.05) is 0 Å². The van der Waals surface area contributed by atoms with Gasteiger partial charge in [0, 0.05) is 28.9 Å². The van der Waals surface area contributed by atoms with Gasteiger partial charge in [-0.15, -0.1) is 0 Å². The average Bonchev–Trinajstić information content (AvgIpc) is 3.19. The molecule has 1 aromatic carbocycles. The van der Waals surface area contributed by atoms with Crippen LogP contribution in [-0.2, 0) is 0 Å². The Morgan fingerprint density at radius 2 is 1.86 bits per heavy atom. The molecule has 3 rings (SSSR count). The smallest absolute Gasteiger partial charge is 0.117 e. The Morgan fingerprint density at radius 1 is 1.17 bits per heavy atom. The van der Waals surface area contributed by atoms with Crippen LogP contribution < -0.4 is 0 Å². The number of allylic oxidation sites excluding steroid dienone is 4. The SMILES string of the molecule is C/C=C(\C=C(\C)C(CC)=NC(C)=N)c1[nH]c2ccc(C3CCN(CC(C)C)CC3)cc2c1C(C)C. The van der Waals surface area contributed by atoms with E-state index in [2.05, 4.69) is 93.7 Å². The lowest BCUT2D eigenvalue weighted by Crippen LogP contribution is -2.35. The first-order valence-electron chi connectivity index (χ1n) is 13.5. The highest BCUT2D eigenvalue weighted by Gasteiger charge is 2.23. The van der Waals surface area contributed by atoms with Crippen LogP contribution in [0.1, 0.15) is 103 Å². The van der Waals surface area contributed by atoms with Crippen molar-refractivity contribution in [3.8, 4) is 0 Å². The summed E-state index contributed by atoms with van der Waals surface area (Å²) in [7, 11) is 0. The molecule has 1 aliphatic heterocycles. The summed E-state index contributed by atoms with van der Waals surface area (Å²) >= 11 is 0. The maximum absolute atomic E-state index is 7.78. The molecular formula is C31H46N4. The molecule has 1 aliphatic rings. The van der Waals surface area contributed by atoms with Crippen molar-refractivity contribution >= 4 is 28.0 Å². The fourth-order valence-electron chi connectivity index (χ4n) is 5.54. The van der Waals surface area contributed by atoms with Gasteiger partial charge in [-0.05, 0) is 111 Å². The van der Waals surface area contributed by atoms with Crippen LogP contribution in [0.5, 0.6) is 0 Å². The number of aromatic amines is 1. The van der Waals surface area contributed by atoms with E-state index in [9.17, 15) is 0 Å². The van der Waals surface area contributed by atoms with Crippen LogP contribution in [0.25, 0.3) is 16.5 Å². The number of fused-ring (bicyclic) bond motifs is 1. The second-order valence-corrected chi connectivity index (χ2v) is 10.9. The lowest BCUT2D eigenvalue weighted by Gasteiger charge is -2.33. The minimum absolute atomic E-state index is 0.354. The van der Waals surface area contributed by atoms with Gasteiger partial charge in [0.1, 0.15) is 5.84 Å². The van der Waals surface area contributed by atoms with Gasteiger partial charge in [-0.25, -0.2) is 4.99 Å². The maximum atomic E-state index is 7.78. The van der Waals surface area contributed by atoms with Gasteiger partial charge in [0.05, 0.1) is 0 Å². The van der Waals surface area contributed by atoms with Crippen LogP contribution in [-0.4, -0.2) is 41.1 Å². The molecule has 0 spiro atoms. The number of aromatic nitrogens is 1. The molecule has 2 N–H and O–H groups in total. The number of hydrogen-bond acceptors (Lipinski definition) is 2. The zero-order chi connectivity index (χ0) is 25.7. The standard InChI is InChI=1S/C31H46N4/c1-9-24(17-22(7)28(10-2)33-23(8)32)31-30(21(5)6)27-18-26(11-12-29(27)34-31)25-13-15-35(16-14-25)19-20(3)4/h9,11-12,17-18,20-21,25,32,34H,10,13-16,19H2,1-8H3/b22-17-,24-9+,32-23?,33-28?. The number of nitrogens with zero attached hydrogens (tertiary/aromatic N) is 2. The van der Waals surface area contributed by atoms with E-state index in [4.69, 9.17) is 5.41 Å². The first kappa shape index (κ1) is 27.1. The Balaban J connectivity index is 1.97. The van der Waals surface area contributed by atoms with Crippen molar-refractivity contribution in [1.29, 1.82) is 5.41 Å². The zero-order valence-corrected chi connectivity index (χ0v) is 23.3. The summed E-state index contributed by atoms with van der Waals surface area (Å²) in [5, 5.41) is 9.15. The molecule has 0 bridgehead atoms. The predicted octanol–water partition coefficient (Wildman–Crippen LogP) is 8.32. The Morgan fingerprint density at radius 3 is 2.40 bits per heavy atom. The molecule has 0 amide bonds. The Kier molecular flexibility index (Phi) is 9.29. The molecule has 0 unspecified atom stereocenters. The second-order valence-electron chi connectivity index (χ2n) is 10.9. The number of hydrogen-bond donors (Lipinski definition) is 2. The quantitative estimate of drug-likeness (QED) is 0.225. The van der Waals surface area contributed by atoms with Crippen LogP contribution in [0.2, 0.25) is 0 Å². The van der Waals surface area contributed by atoms with E-state index in [1.54, 1.807) is 6.92 Å². The normalized spacial score (nSPS) is 17.3. The molecule has 35 heavy (non-hydrogen) atoms.